The fraction of sp³-hybridized carbons (Fsp3) is 0.917. The lowest BCUT2D eigenvalue weighted by atomic mass is 10.00. The van der Waals surface area contributed by atoms with Crippen LogP contribution >= 0.6 is 0 Å². The third kappa shape index (κ3) is 6.50. The van der Waals surface area contributed by atoms with Gasteiger partial charge in [0.1, 0.15) is 0 Å². The summed E-state index contributed by atoms with van der Waals surface area (Å²) in [6.45, 7) is 8.45. The van der Waals surface area contributed by atoms with Gasteiger partial charge in [-0.3, -0.25) is 4.79 Å². The van der Waals surface area contributed by atoms with E-state index in [0.29, 0.717) is 5.92 Å². The van der Waals surface area contributed by atoms with Crippen LogP contribution < -0.4 is 11.1 Å². The number of carbonyl (C=O) groups excluding carboxylic acids is 1. The Morgan fingerprint density at radius 1 is 1.33 bits per heavy atom. The van der Waals surface area contributed by atoms with Crippen molar-refractivity contribution in [2.45, 2.75) is 65.5 Å². The summed E-state index contributed by atoms with van der Waals surface area (Å²) in [6, 6.07) is -0.107. The van der Waals surface area contributed by atoms with Crippen LogP contribution in [-0.2, 0) is 4.79 Å². The molecule has 0 rings (SSSR count). The van der Waals surface area contributed by atoms with Crippen molar-refractivity contribution in [3.8, 4) is 0 Å². The molecule has 0 spiro atoms. The molecule has 0 aromatic rings. The fourth-order valence-electron chi connectivity index (χ4n) is 1.62. The predicted octanol–water partition coefficient (Wildman–Crippen LogP) is 2.05. The first kappa shape index (κ1) is 14.4. The summed E-state index contributed by atoms with van der Waals surface area (Å²) in [5.74, 6) is 0.648. The Morgan fingerprint density at radius 3 is 2.40 bits per heavy atom. The molecule has 0 fully saturated rings. The highest BCUT2D eigenvalue weighted by Gasteiger charge is 2.15. The Morgan fingerprint density at radius 2 is 1.93 bits per heavy atom. The first-order valence-corrected chi connectivity index (χ1v) is 6.07. The van der Waals surface area contributed by atoms with Crippen molar-refractivity contribution < 1.29 is 4.79 Å². The maximum Gasteiger partial charge on any atom is 0.237 e. The monoisotopic (exact) mass is 214 g/mol. The molecular weight excluding hydrogens is 188 g/mol. The van der Waals surface area contributed by atoms with Gasteiger partial charge in [-0.05, 0) is 25.7 Å². The molecule has 15 heavy (non-hydrogen) atoms. The summed E-state index contributed by atoms with van der Waals surface area (Å²) in [5.41, 5.74) is 5.73. The highest BCUT2D eigenvalue weighted by molar-refractivity contribution is 5.81. The quantitative estimate of drug-likeness (QED) is 0.681. The Hall–Kier alpha value is -0.570. The molecule has 0 saturated carbocycles. The molecule has 90 valence electrons. The van der Waals surface area contributed by atoms with Crippen molar-refractivity contribution in [3.63, 3.8) is 0 Å². The average molecular weight is 214 g/mol. The van der Waals surface area contributed by atoms with E-state index in [0.717, 1.165) is 25.7 Å². The summed E-state index contributed by atoms with van der Waals surface area (Å²) in [4.78, 5) is 11.6. The predicted molar refractivity (Wildman–Crippen MR) is 64.6 cm³/mol. The normalized spacial score (nSPS) is 16.9. The zero-order valence-corrected chi connectivity index (χ0v) is 10.5. The van der Waals surface area contributed by atoms with Crippen LogP contribution in [0.4, 0.5) is 0 Å². The van der Waals surface area contributed by atoms with Crippen molar-refractivity contribution >= 4 is 5.91 Å². The van der Waals surface area contributed by atoms with Crippen LogP contribution in [0.3, 0.4) is 0 Å². The molecule has 0 aromatic carbocycles. The third-order valence-electron chi connectivity index (χ3n) is 2.78. The van der Waals surface area contributed by atoms with Crippen LogP contribution in [-0.4, -0.2) is 18.0 Å². The van der Waals surface area contributed by atoms with Crippen LogP contribution in [0.1, 0.15) is 53.4 Å². The molecule has 0 aromatic heterocycles. The highest BCUT2D eigenvalue weighted by atomic mass is 16.2. The van der Waals surface area contributed by atoms with Gasteiger partial charge in [0.25, 0.3) is 0 Å². The number of nitrogens with two attached hydrogens (primary N) is 1. The Bertz CT molecular complexity index is 182. The van der Waals surface area contributed by atoms with E-state index in [2.05, 4.69) is 19.2 Å². The molecule has 0 aliphatic carbocycles. The van der Waals surface area contributed by atoms with Gasteiger partial charge >= 0.3 is 0 Å². The van der Waals surface area contributed by atoms with Gasteiger partial charge in [-0.1, -0.05) is 33.6 Å². The van der Waals surface area contributed by atoms with Crippen LogP contribution in [0.15, 0.2) is 0 Å². The molecule has 1 amide bonds. The molecule has 0 saturated heterocycles. The van der Waals surface area contributed by atoms with E-state index >= 15 is 0 Å². The van der Waals surface area contributed by atoms with E-state index in [1.807, 2.05) is 13.8 Å². The van der Waals surface area contributed by atoms with Crippen molar-refractivity contribution in [2.24, 2.45) is 11.7 Å². The van der Waals surface area contributed by atoms with Gasteiger partial charge in [0.05, 0.1) is 6.04 Å². The van der Waals surface area contributed by atoms with Gasteiger partial charge in [-0.15, -0.1) is 0 Å². The molecule has 3 nitrogen and oxygen atoms in total. The molecule has 3 atom stereocenters. The van der Waals surface area contributed by atoms with E-state index in [1.54, 1.807) is 0 Å². The molecule has 0 radical (unpaired) electrons. The first-order chi connectivity index (χ1) is 7.01. The SMILES string of the molecule is CCCC(N)C(=O)NC(C)CC(C)CC. The topological polar surface area (TPSA) is 55.1 Å². The Labute approximate surface area is 93.8 Å². The lowest BCUT2D eigenvalue weighted by Crippen LogP contribution is -2.44. The summed E-state index contributed by atoms with van der Waals surface area (Å²) < 4.78 is 0. The van der Waals surface area contributed by atoms with E-state index < -0.39 is 0 Å². The van der Waals surface area contributed by atoms with Crippen LogP contribution in [0.5, 0.6) is 0 Å². The van der Waals surface area contributed by atoms with Gasteiger partial charge in [0.2, 0.25) is 5.91 Å². The highest BCUT2D eigenvalue weighted by Crippen LogP contribution is 2.09. The van der Waals surface area contributed by atoms with Gasteiger partial charge in [-0.25, -0.2) is 0 Å². The van der Waals surface area contributed by atoms with E-state index in [-0.39, 0.29) is 18.0 Å². The van der Waals surface area contributed by atoms with Gasteiger partial charge in [0.15, 0.2) is 0 Å². The second-order valence-corrected chi connectivity index (χ2v) is 4.55. The molecule has 0 aliphatic heterocycles. The summed E-state index contributed by atoms with van der Waals surface area (Å²) in [6.07, 6.45) is 3.90. The molecule has 3 heteroatoms. The first-order valence-electron chi connectivity index (χ1n) is 6.07. The Kier molecular flexibility index (Phi) is 7.39. The zero-order chi connectivity index (χ0) is 11.8. The minimum Gasteiger partial charge on any atom is -0.352 e. The van der Waals surface area contributed by atoms with Crippen molar-refractivity contribution in [1.29, 1.82) is 0 Å². The van der Waals surface area contributed by atoms with Gasteiger partial charge in [0, 0.05) is 6.04 Å². The average Bonchev–Trinajstić information content (AvgIpc) is 2.17. The van der Waals surface area contributed by atoms with Crippen molar-refractivity contribution in [1.82, 2.24) is 5.32 Å². The summed E-state index contributed by atoms with van der Waals surface area (Å²) >= 11 is 0. The molecule has 0 aliphatic rings. The number of hydrogen-bond donors (Lipinski definition) is 2. The van der Waals surface area contributed by atoms with Crippen LogP contribution in [0.2, 0.25) is 0 Å². The van der Waals surface area contributed by atoms with Crippen molar-refractivity contribution in [3.05, 3.63) is 0 Å². The Balaban J connectivity index is 3.84. The molecule has 0 heterocycles. The lowest BCUT2D eigenvalue weighted by Gasteiger charge is -2.19. The largest absolute Gasteiger partial charge is 0.352 e. The minimum absolute atomic E-state index is 0.00680. The van der Waals surface area contributed by atoms with E-state index in [9.17, 15) is 4.79 Å². The summed E-state index contributed by atoms with van der Waals surface area (Å²) in [5, 5.41) is 2.97. The third-order valence-corrected chi connectivity index (χ3v) is 2.78. The van der Waals surface area contributed by atoms with E-state index in [4.69, 9.17) is 5.73 Å². The lowest BCUT2D eigenvalue weighted by molar-refractivity contribution is -0.123. The summed E-state index contributed by atoms with van der Waals surface area (Å²) in [7, 11) is 0. The van der Waals surface area contributed by atoms with Crippen LogP contribution in [0, 0.1) is 5.92 Å². The van der Waals surface area contributed by atoms with Gasteiger partial charge in [-0.2, -0.15) is 0 Å². The number of amides is 1. The molecule has 0 bridgehead atoms. The zero-order valence-electron chi connectivity index (χ0n) is 10.5. The number of rotatable bonds is 7. The maximum atomic E-state index is 11.6. The molecular formula is C12H26N2O. The molecule has 3 N–H and O–H groups in total. The molecule has 3 unspecified atom stereocenters. The smallest absolute Gasteiger partial charge is 0.237 e. The van der Waals surface area contributed by atoms with Crippen LogP contribution in [0.25, 0.3) is 0 Å². The second kappa shape index (κ2) is 7.69. The second-order valence-electron chi connectivity index (χ2n) is 4.55. The van der Waals surface area contributed by atoms with Crippen molar-refractivity contribution in [2.75, 3.05) is 0 Å². The maximum absolute atomic E-state index is 11.6. The van der Waals surface area contributed by atoms with Gasteiger partial charge < -0.3 is 11.1 Å². The number of carbonyl (C=O) groups is 1. The fourth-order valence-corrected chi connectivity index (χ4v) is 1.62. The van der Waals surface area contributed by atoms with E-state index in [1.165, 1.54) is 0 Å². The minimum atomic E-state index is -0.339. The standard InChI is InChI=1S/C12H26N2O/c1-5-7-11(13)12(15)14-10(4)8-9(3)6-2/h9-11H,5-8,13H2,1-4H3,(H,14,15). The number of nitrogens with one attached hydrogen (secondary N) is 1. The number of hydrogen-bond acceptors (Lipinski definition) is 2.